The minimum Gasteiger partial charge on any atom is -0.454 e. The Balaban J connectivity index is 1.84. The Morgan fingerprint density at radius 3 is 2.68 bits per heavy atom. The Bertz CT molecular complexity index is 438. The van der Waals surface area contributed by atoms with Gasteiger partial charge in [0.1, 0.15) is 6.10 Å². The first-order valence-electron chi connectivity index (χ1n) is 7.53. The molecule has 0 bridgehead atoms. The molecule has 0 aromatic heterocycles. The minimum absolute atomic E-state index is 0.0342. The normalized spacial score (nSPS) is 32.3. The largest absolute Gasteiger partial charge is 0.454 e. The molecule has 0 spiro atoms. The highest BCUT2D eigenvalue weighted by atomic mass is 16.6. The lowest BCUT2D eigenvalue weighted by Crippen LogP contribution is -2.28. The van der Waals surface area contributed by atoms with Gasteiger partial charge in [-0.3, -0.25) is 0 Å². The molecule has 2 unspecified atom stereocenters. The monoisotopic (exact) mass is 258 g/mol. The topological polar surface area (TPSA) is 26.3 Å². The second-order valence-corrected chi connectivity index (χ2v) is 5.98. The second kappa shape index (κ2) is 5.36. The van der Waals surface area contributed by atoms with Crippen LogP contribution in [0.4, 0.5) is 0 Å². The first-order chi connectivity index (χ1) is 9.27. The van der Waals surface area contributed by atoms with Gasteiger partial charge in [0, 0.05) is 11.5 Å². The van der Waals surface area contributed by atoms with Crippen molar-refractivity contribution in [2.45, 2.75) is 51.0 Å². The summed E-state index contributed by atoms with van der Waals surface area (Å²) in [5.41, 5.74) is 2.00. The quantitative estimate of drug-likeness (QED) is 0.554. The summed E-state index contributed by atoms with van der Waals surface area (Å²) in [6.45, 7) is 4.02. The van der Waals surface area contributed by atoms with Crippen LogP contribution in [0, 0.1) is 11.8 Å². The average molecular weight is 258 g/mol. The van der Waals surface area contributed by atoms with Crippen LogP contribution < -0.4 is 0 Å². The van der Waals surface area contributed by atoms with E-state index in [-0.39, 0.29) is 18.0 Å². The predicted octanol–water partition coefficient (Wildman–Crippen LogP) is 3.94. The molecule has 0 N–H and O–H groups in total. The van der Waals surface area contributed by atoms with Crippen LogP contribution in [0.15, 0.2) is 36.0 Å². The molecular weight excluding hydrogens is 236 g/mol. The summed E-state index contributed by atoms with van der Waals surface area (Å²) in [6.07, 6.45) is 14.8. The van der Waals surface area contributed by atoms with Crippen LogP contribution in [0.1, 0.15) is 44.9 Å². The molecule has 2 nitrogen and oxygen atoms in total. The highest BCUT2D eigenvalue weighted by molar-refractivity contribution is 5.91. The zero-order valence-electron chi connectivity index (χ0n) is 11.4. The molecule has 0 aromatic rings. The van der Waals surface area contributed by atoms with Crippen LogP contribution in [0.25, 0.3) is 0 Å². The summed E-state index contributed by atoms with van der Waals surface area (Å²) < 4.78 is 5.64. The molecule has 2 aliphatic carbocycles. The predicted molar refractivity (Wildman–Crippen MR) is 75.5 cm³/mol. The van der Waals surface area contributed by atoms with E-state index in [1.54, 1.807) is 0 Å². The fourth-order valence-electron chi connectivity index (χ4n) is 3.77. The van der Waals surface area contributed by atoms with E-state index in [0.29, 0.717) is 11.5 Å². The molecule has 2 heteroatoms. The van der Waals surface area contributed by atoms with Crippen LogP contribution in [-0.4, -0.2) is 12.1 Å². The van der Waals surface area contributed by atoms with Crippen molar-refractivity contribution in [3.8, 4) is 0 Å². The van der Waals surface area contributed by atoms with Gasteiger partial charge in [0.25, 0.3) is 0 Å². The van der Waals surface area contributed by atoms with Crippen molar-refractivity contribution in [1.82, 2.24) is 0 Å². The van der Waals surface area contributed by atoms with Crippen LogP contribution in [0.3, 0.4) is 0 Å². The van der Waals surface area contributed by atoms with Gasteiger partial charge in [-0.2, -0.15) is 0 Å². The summed E-state index contributed by atoms with van der Waals surface area (Å²) in [6, 6.07) is 0. The lowest BCUT2D eigenvalue weighted by atomic mass is 9.73. The van der Waals surface area contributed by atoms with Crippen molar-refractivity contribution in [3.63, 3.8) is 0 Å². The highest BCUT2D eigenvalue weighted by Gasteiger charge is 2.44. The number of ether oxygens (including phenoxy) is 1. The summed E-state index contributed by atoms with van der Waals surface area (Å²) in [5.74, 6) is 0.645. The number of cyclic esters (lactones) is 1. The maximum absolute atomic E-state index is 11.9. The van der Waals surface area contributed by atoms with Crippen molar-refractivity contribution in [1.29, 1.82) is 0 Å². The first kappa shape index (κ1) is 12.7. The van der Waals surface area contributed by atoms with Crippen LogP contribution >= 0.6 is 0 Å². The van der Waals surface area contributed by atoms with Gasteiger partial charge in [-0.25, -0.2) is 4.79 Å². The number of esters is 1. The fourth-order valence-corrected chi connectivity index (χ4v) is 3.77. The Morgan fingerprint density at radius 2 is 2.00 bits per heavy atom. The lowest BCUT2D eigenvalue weighted by molar-refractivity contribution is -0.138. The van der Waals surface area contributed by atoms with E-state index >= 15 is 0 Å². The molecule has 0 radical (unpaired) electrons. The van der Waals surface area contributed by atoms with E-state index in [1.807, 2.05) is 0 Å². The second-order valence-electron chi connectivity index (χ2n) is 5.98. The van der Waals surface area contributed by atoms with Gasteiger partial charge in [-0.15, -0.1) is 0 Å². The first-order valence-corrected chi connectivity index (χ1v) is 7.53. The molecule has 0 aromatic carbocycles. The standard InChI is InChI=1S/C17H22O2/c1-12-15(13-8-4-2-5-9-13)16(19-17(12)18)14-10-6-3-7-11-14/h3,6,10,13,15-16H,1-2,4-5,7-9,11H2. The van der Waals surface area contributed by atoms with Crippen molar-refractivity contribution in [2.75, 3.05) is 0 Å². The Labute approximate surface area is 115 Å². The summed E-state index contributed by atoms with van der Waals surface area (Å²) in [7, 11) is 0. The maximum Gasteiger partial charge on any atom is 0.334 e. The van der Waals surface area contributed by atoms with E-state index in [1.165, 1.54) is 37.7 Å². The molecule has 2 atom stereocenters. The SMILES string of the molecule is C=C1C(=O)OC(C2=CC=CCC2)C1C1CCCCC1. The van der Waals surface area contributed by atoms with Crippen LogP contribution in [0.5, 0.6) is 0 Å². The Kier molecular flexibility index (Phi) is 3.58. The van der Waals surface area contributed by atoms with E-state index < -0.39 is 0 Å². The smallest absolute Gasteiger partial charge is 0.334 e. The van der Waals surface area contributed by atoms with Gasteiger partial charge in [0.2, 0.25) is 0 Å². The summed E-state index contributed by atoms with van der Waals surface area (Å²) >= 11 is 0. The molecule has 102 valence electrons. The van der Waals surface area contributed by atoms with Crippen molar-refractivity contribution in [2.24, 2.45) is 11.8 Å². The van der Waals surface area contributed by atoms with Gasteiger partial charge in [0.15, 0.2) is 0 Å². The molecule has 3 aliphatic rings. The molecule has 1 aliphatic heterocycles. The number of allylic oxidation sites excluding steroid dienone is 3. The number of hydrogen-bond donors (Lipinski definition) is 0. The molecule has 3 rings (SSSR count). The zero-order chi connectivity index (χ0) is 13.2. The molecule has 1 heterocycles. The summed E-state index contributed by atoms with van der Waals surface area (Å²) in [5, 5.41) is 0. The molecule has 1 saturated carbocycles. The van der Waals surface area contributed by atoms with Gasteiger partial charge in [0.05, 0.1) is 0 Å². The van der Waals surface area contributed by atoms with E-state index in [9.17, 15) is 4.79 Å². The number of carbonyl (C=O) groups excluding carboxylic acids is 1. The molecule has 0 amide bonds. The van der Waals surface area contributed by atoms with Crippen molar-refractivity contribution >= 4 is 5.97 Å². The van der Waals surface area contributed by atoms with Crippen LogP contribution in [0.2, 0.25) is 0 Å². The maximum atomic E-state index is 11.9. The van der Waals surface area contributed by atoms with Crippen LogP contribution in [-0.2, 0) is 9.53 Å². The highest BCUT2D eigenvalue weighted by Crippen LogP contribution is 2.43. The minimum atomic E-state index is -0.170. The average Bonchev–Trinajstić information content (AvgIpc) is 2.77. The van der Waals surface area contributed by atoms with Gasteiger partial charge < -0.3 is 4.74 Å². The van der Waals surface area contributed by atoms with Gasteiger partial charge >= 0.3 is 5.97 Å². The summed E-state index contributed by atoms with van der Waals surface area (Å²) in [4.78, 5) is 11.9. The van der Waals surface area contributed by atoms with E-state index in [0.717, 1.165) is 12.8 Å². The van der Waals surface area contributed by atoms with Crippen molar-refractivity contribution < 1.29 is 9.53 Å². The van der Waals surface area contributed by atoms with E-state index in [4.69, 9.17) is 4.74 Å². The Hall–Kier alpha value is -1.31. The third kappa shape index (κ3) is 2.41. The molecule has 1 saturated heterocycles. The fraction of sp³-hybridized carbons (Fsp3) is 0.588. The Morgan fingerprint density at radius 1 is 1.21 bits per heavy atom. The molecular formula is C17H22O2. The van der Waals surface area contributed by atoms with Crippen molar-refractivity contribution in [3.05, 3.63) is 36.0 Å². The third-order valence-corrected chi connectivity index (χ3v) is 4.79. The number of rotatable bonds is 2. The number of carbonyl (C=O) groups is 1. The zero-order valence-corrected chi connectivity index (χ0v) is 11.4. The van der Waals surface area contributed by atoms with Gasteiger partial charge in [-0.05, 0) is 37.2 Å². The third-order valence-electron chi connectivity index (χ3n) is 4.79. The van der Waals surface area contributed by atoms with E-state index in [2.05, 4.69) is 24.8 Å². The number of hydrogen-bond acceptors (Lipinski definition) is 2. The molecule has 2 fully saturated rings. The van der Waals surface area contributed by atoms with Gasteiger partial charge in [-0.1, -0.05) is 44.1 Å². The molecule has 19 heavy (non-hydrogen) atoms. The lowest BCUT2D eigenvalue weighted by Gasteiger charge is -2.31.